The number of benzene rings is 1. The van der Waals surface area contributed by atoms with Crippen LogP contribution < -0.4 is 10.6 Å². The minimum atomic E-state index is -0.459. The SMILES string of the molecule is Cc1ccc(NC(=O)CCNC(=O)C(C)C)c(F)c1. The first-order chi connectivity index (χ1) is 8.90. The molecule has 19 heavy (non-hydrogen) atoms. The van der Waals surface area contributed by atoms with E-state index in [4.69, 9.17) is 0 Å². The summed E-state index contributed by atoms with van der Waals surface area (Å²) in [5, 5.41) is 5.10. The first kappa shape index (κ1) is 15.1. The van der Waals surface area contributed by atoms with Crippen molar-refractivity contribution in [3.05, 3.63) is 29.6 Å². The van der Waals surface area contributed by atoms with Crippen LogP contribution in [0.2, 0.25) is 0 Å². The van der Waals surface area contributed by atoms with Gasteiger partial charge in [-0.2, -0.15) is 0 Å². The lowest BCUT2D eigenvalue weighted by Gasteiger charge is -2.09. The van der Waals surface area contributed by atoms with Crippen LogP contribution in [0.3, 0.4) is 0 Å². The van der Waals surface area contributed by atoms with Crippen LogP contribution in [0, 0.1) is 18.7 Å². The Hall–Kier alpha value is -1.91. The first-order valence-electron chi connectivity index (χ1n) is 6.24. The molecule has 0 aromatic heterocycles. The summed E-state index contributed by atoms with van der Waals surface area (Å²) in [4.78, 5) is 22.8. The van der Waals surface area contributed by atoms with Gasteiger partial charge in [-0.15, -0.1) is 0 Å². The van der Waals surface area contributed by atoms with E-state index in [0.29, 0.717) is 0 Å². The van der Waals surface area contributed by atoms with E-state index in [1.165, 1.54) is 12.1 Å². The van der Waals surface area contributed by atoms with E-state index in [2.05, 4.69) is 10.6 Å². The van der Waals surface area contributed by atoms with Crippen LogP contribution in [-0.2, 0) is 9.59 Å². The summed E-state index contributed by atoms with van der Waals surface area (Å²) in [6.45, 7) is 5.57. The topological polar surface area (TPSA) is 58.2 Å². The summed E-state index contributed by atoms with van der Waals surface area (Å²) in [5.74, 6) is -1.00. The van der Waals surface area contributed by atoms with Crippen LogP contribution in [0.1, 0.15) is 25.8 Å². The molecule has 0 fully saturated rings. The van der Waals surface area contributed by atoms with Crippen molar-refractivity contribution < 1.29 is 14.0 Å². The lowest BCUT2D eigenvalue weighted by atomic mass is 10.2. The van der Waals surface area contributed by atoms with E-state index >= 15 is 0 Å². The summed E-state index contributed by atoms with van der Waals surface area (Å²) in [7, 11) is 0. The molecule has 0 atom stereocenters. The summed E-state index contributed by atoms with van der Waals surface area (Å²) < 4.78 is 13.5. The number of anilines is 1. The summed E-state index contributed by atoms with van der Waals surface area (Å²) in [6.07, 6.45) is 0.117. The zero-order valence-corrected chi connectivity index (χ0v) is 11.4. The molecule has 0 radical (unpaired) electrons. The molecule has 2 amide bonds. The molecule has 0 heterocycles. The second kappa shape index (κ2) is 6.87. The van der Waals surface area contributed by atoms with E-state index in [1.54, 1.807) is 26.8 Å². The number of hydrogen-bond acceptors (Lipinski definition) is 2. The van der Waals surface area contributed by atoms with Gasteiger partial charge in [0.25, 0.3) is 0 Å². The zero-order chi connectivity index (χ0) is 14.4. The minimum absolute atomic E-state index is 0.102. The Labute approximate surface area is 112 Å². The Kier molecular flexibility index (Phi) is 5.48. The summed E-state index contributed by atoms with van der Waals surface area (Å²) in [6, 6.07) is 4.60. The van der Waals surface area contributed by atoms with Gasteiger partial charge in [-0.3, -0.25) is 9.59 Å². The Bertz CT molecular complexity index is 473. The molecule has 104 valence electrons. The Balaban J connectivity index is 2.41. The zero-order valence-electron chi connectivity index (χ0n) is 11.4. The maximum Gasteiger partial charge on any atom is 0.226 e. The molecule has 2 N–H and O–H groups in total. The summed E-state index contributed by atoms with van der Waals surface area (Å²) in [5.41, 5.74) is 0.950. The van der Waals surface area contributed by atoms with Crippen molar-refractivity contribution in [1.29, 1.82) is 0 Å². The number of nitrogens with one attached hydrogen (secondary N) is 2. The molecule has 0 aliphatic carbocycles. The van der Waals surface area contributed by atoms with Crippen molar-refractivity contribution >= 4 is 17.5 Å². The third-order valence-corrected chi connectivity index (χ3v) is 2.57. The molecule has 0 bridgehead atoms. The van der Waals surface area contributed by atoms with Gasteiger partial charge in [-0.25, -0.2) is 4.39 Å². The van der Waals surface area contributed by atoms with E-state index in [0.717, 1.165) is 5.56 Å². The molecule has 0 saturated heterocycles. The van der Waals surface area contributed by atoms with Gasteiger partial charge in [-0.1, -0.05) is 19.9 Å². The monoisotopic (exact) mass is 266 g/mol. The number of carbonyl (C=O) groups excluding carboxylic acids is 2. The van der Waals surface area contributed by atoms with Crippen LogP contribution in [0.5, 0.6) is 0 Å². The maximum absolute atomic E-state index is 13.5. The van der Waals surface area contributed by atoms with Crippen LogP contribution >= 0.6 is 0 Å². The molecule has 1 rings (SSSR count). The van der Waals surface area contributed by atoms with Crippen molar-refractivity contribution in [3.8, 4) is 0 Å². The standard InChI is InChI=1S/C14H19FN2O2/c1-9(2)14(19)16-7-6-13(18)17-12-5-4-10(3)8-11(12)15/h4-5,8-9H,6-7H2,1-3H3,(H,16,19)(H,17,18). The molecular formula is C14H19FN2O2. The minimum Gasteiger partial charge on any atom is -0.355 e. The quantitative estimate of drug-likeness (QED) is 0.858. The van der Waals surface area contributed by atoms with Gasteiger partial charge in [0, 0.05) is 18.9 Å². The fourth-order valence-corrected chi connectivity index (χ4v) is 1.44. The van der Waals surface area contributed by atoms with Gasteiger partial charge in [0.2, 0.25) is 11.8 Å². The van der Waals surface area contributed by atoms with Crippen molar-refractivity contribution in [3.63, 3.8) is 0 Å². The number of halogens is 1. The molecule has 5 heteroatoms. The summed E-state index contributed by atoms with van der Waals surface area (Å²) >= 11 is 0. The third-order valence-electron chi connectivity index (χ3n) is 2.57. The fraction of sp³-hybridized carbons (Fsp3) is 0.429. The number of rotatable bonds is 5. The number of carbonyl (C=O) groups is 2. The van der Waals surface area contributed by atoms with E-state index in [9.17, 15) is 14.0 Å². The van der Waals surface area contributed by atoms with E-state index < -0.39 is 5.82 Å². The predicted octanol–water partition coefficient (Wildman–Crippen LogP) is 2.23. The highest BCUT2D eigenvalue weighted by Crippen LogP contribution is 2.15. The van der Waals surface area contributed by atoms with Gasteiger partial charge in [0.05, 0.1) is 5.69 Å². The lowest BCUT2D eigenvalue weighted by molar-refractivity contribution is -0.124. The van der Waals surface area contributed by atoms with E-state index in [-0.39, 0.29) is 36.4 Å². The van der Waals surface area contributed by atoms with Gasteiger partial charge in [0.1, 0.15) is 5.82 Å². The van der Waals surface area contributed by atoms with Crippen LogP contribution in [0.4, 0.5) is 10.1 Å². The highest BCUT2D eigenvalue weighted by Gasteiger charge is 2.09. The van der Waals surface area contributed by atoms with Crippen molar-refractivity contribution in [2.24, 2.45) is 5.92 Å². The van der Waals surface area contributed by atoms with Crippen molar-refractivity contribution in [2.45, 2.75) is 27.2 Å². The molecular weight excluding hydrogens is 247 g/mol. The molecule has 0 saturated carbocycles. The van der Waals surface area contributed by atoms with E-state index in [1.807, 2.05) is 0 Å². The molecule has 0 spiro atoms. The largest absolute Gasteiger partial charge is 0.355 e. The molecule has 0 aliphatic heterocycles. The van der Waals surface area contributed by atoms with Crippen molar-refractivity contribution in [1.82, 2.24) is 5.32 Å². The van der Waals surface area contributed by atoms with Crippen molar-refractivity contribution in [2.75, 3.05) is 11.9 Å². The Morgan fingerprint density at radius 2 is 2.00 bits per heavy atom. The van der Waals surface area contributed by atoms with Crippen LogP contribution in [0.25, 0.3) is 0 Å². The number of hydrogen-bond donors (Lipinski definition) is 2. The number of amides is 2. The van der Waals surface area contributed by atoms with Crippen LogP contribution in [0.15, 0.2) is 18.2 Å². The second-order valence-corrected chi connectivity index (χ2v) is 4.73. The normalized spacial score (nSPS) is 10.4. The molecule has 0 unspecified atom stereocenters. The van der Waals surface area contributed by atoms with Gasteiger partial charge in [0.15, 0.2) is 0 Å². The average molecular weight is 266 g/mol. The smallest absolute Gasteiger partial charge is 0.226 e. The Morgan fingerprint density at radius 3 is 2.58 bits per heavy atom. The lowest BCUT2D eigenvalue weighted by Crippen LogP contribution is -2.30. The average Bonchev–Trinajstić information content (AvgIpc) is 2.32. The Morgan fingerprint density at radius 1 is 1.32 bits per heavy atom. The van der Waals surface area contributed by atoms with Crippen LogP contribution in [-0.4, -0.2) is 18.4 Å². The molecule has 1 aromatic carbocycles. The number of aryl methyl sites for hydroxylation is 1. The first-order valence-corrected chi connectivity index (χ1v) is 6.24. The predicted molar refractivity (Wildman–Crippen MR) is 72.2 cm³/mol. The highest BCUT2D eigenvalue weighted by atomic mass is 19.1. The molecule has 4 nitrogen and oxygen atoms in total. The molecule has 0 aliphatic rings. The van der Waals surface area contributed by atoms with Gasteiger partial charge in [-0.05, 0) is 24.6 Å². The third kappa shape index (κ3) is 5.07. The highest BCUT2D eigenvalue weighted by molar-refractivity contribution is 5.91. The maximum atomic E-state index is 13.5. The second-order valence-electron chi connectivity index (χ2n) is 4.73. The molecule has 1 aromatic rings. The van der Waals surface area contributed by atoms with Gasteiger partial charge >= 0.3 is 0 Å². The fourth-order valence-electron chi connectivity index (χ4n) is 1.44. The van der Waals surface area contributed by atoms with Gasteiger partial charge < -0.3 is 10.6 Å².